The van der Waals surface area contributed by atoms with Gasteiger partial charge in [0.25, 0.3) is 0 Å². The summed E-state index contributed by atoms with van der Waals surface area (Å²) < 4.78 is 10.5. The molecule has 2 heterocycles. The Hall–Kier alpha value is -2.08. The molecule has 0 bridgehead atoms. The maximum absolute atomic E-state index is 13.4. The molecule has 0 spiro atoms. The van der Waals surface area contributed by atoms with Crippen LogP contribution >= 0.6 is 11.3 Å². The Kier molecular flexibility index (Phi) is 6.05. The zero-order valence-corrected chi connectivity index (χ0v) is 17.2. The number of carbonyl (C=O) groups is 2. The second-order valence-electron chi connectivity index (χ2n) is 7.56. The number of anilines is 1. The van der Waals surface area contributed by atoms with Gasteiger partial charge in [0.1, 0.15) is 10.8 Å². The van der Waals surface area contributed by atoms with E-state index in [0.717, 1.165) is 30.6 Å². The largest absolute Gasteiger partial charge is 0.465 e. The van der Waals surface area contributed by atoms with E-state index in [4.69, 9.17) is 9.15 Å². The van der Waals surface area contributed by atoms with Crippen molar-refractivity contribution >= 4 is 28.2 Å². The lowest BCUT2D eigenvalue weighted by Gasteiger charge is -2.33. The minimum absolute atomic E-state index is 0.0169. The molecule has 3 rings (SSSR count). The van der Waals surface area contributed by atoms with Crippen LogP contribution in [0.25, 0.3) is 10.6 Å². The number of hydrogen-bond acceptors (Lipinski definition) is 5. The number of rotatable bonds is 5. The molecule has 1 saturated carbocycles. The van der Waals surface area contributed by atoms with Gasteiger partial charge in [-0.2, -0.15) is 0 Å². The minimum atomic E-state index is -0.435. The lowest BCUT2D eigenvalue weighted by molar-refractivity contribution is -0.123. The molecule has 2 aromatic rings. The Bertz CT molecular complexity index is 785. The molecule has 5 nitrogen and oxygen atoms in total. The zero-order valence-electron chi connectivity index (χ0n) is 16.4. The molecule has 0 unspecified atom stereocenters. The van der Waals surface area contributed by atoms with Gasteiger partial charge in [0, 0.05) is 12.0 Å². The van der Waals surface area contributed by atoms with Crippen molar-refractivity contribution in [2.45, 2.75) is 52.5 Å². The van der Waals surface area contributed by atoms with Crippen molar-refractivity contribution < 1.29 is 18.7 Å². The fraction of sp³-hybridized carbons (Fsp3) is 0.524. The molecule has 1 amide bonds. The van der Waals surface area contributed by atoms with Crippen LogP contribution in [0.15, 0.2) is 28.9 Å². The van der Waals surface area contributed by atoms with Gasteiger partial charge in [0.15, 0.2) is 0 Å². The van der Waals surface area contributed by atoms with Crippen LogP contribution < -0.4 is 4.90 Å². The maximum atomic E-state index is 13.4. The number of hydrogen-bond donors (Lipinski definition) is 0. The molecule has 2 aromatic heterocycles. The summed E-state index contributed by atoms with van der Waals surface area (Å²) in [5.74, 6) is 1.05. The molecule has 0 aromatic carbocycles. The van der Waals surface area contributed by atoms with E-state index in [1.807, 2.05) is 19.9 Å². The van der Waals surface area contributed by atoms with E-state index in [0.29, 0.717) is 22.2 Å². The van der Waals surface area contributed by atoms with Crippen LogP contribution in [0.2, 0.25) is 0 Å². The summed E-state index contributed by atoms with van der Waals surface area (Å²) in [5.41, 5.74) is 0.417. The molecule has 146 valence electrons. The second kappa shape index (κ2) is 8.30. The average Bonchev–Trinajstić information content (AvgIpc) is 3.31. The molecule has 1 aliphatic rings. The van der Waals surface area contributed by atoms with Crippen LogP contribution in [0.4, 0.5) is 5.00 Å². The number of methoxy groups -OCH3 is 1. The molecule has 0 saturated heterocycles. The van der Waals surface area contributed by atoms with Crippen molar-refractivity contribution in [2.75, 3.05) is 12.0 Å². The highest BCUT2D eigenvalue weighted by Gasteiger charge is 2.34. The second-order valence-corrected chi connectivity index (χ2v) is 8.59. The lowest BCUT2D eigenvalue weighted by Crippen LogP contribution is -2.42. The Labute approximate surface area is 164 Å². The summed E-state index contributed by atoms with van der Waals surface area (Å²) in [5, 5.41) is 0.645. The molecule has 0 atom stereocenters. The van der Waals surface area contributed by atoms with E-state index < -0.39 is 5.97 Å². The number of carbonyl (C=O) groups excluding carboxylic acids is 2. The number of amides is 1. The minimum Gasteiger partial charge on any atom is -0.465 e. The van der Waals surface area contributed by atoms with Crippen molar-refractivity contribution in [3.63, 3.8) is 0 Å². The van der Waals surface area contributed by atoms with Crippen molar-refractivity contribution in [1.82, 2.24) is 0 Å². The summed E-state index contributed by atoms with van der Waals surface area (Å²) >= 11 is 1.40. The van der Waals surface area contributed by atoms with Gasteiger partial charge in [-0.3, -0.25) is 4.79 Å². The van der Waals surface area contributed by atoms with E-state index in [1.165, 1.54) is 18.4 Å². The first-order chi connectivity index (χ1) is 12.9. The molecule has 1 aliphatic carbocycles. The molecule has 0 radical (unpaired) electrons. The Morgan fingerprint density at radius 2 is 1.96 bits per heavy atom. The Morgan fingerprint density at radius 1 is 1.26 bits per heavy atom. The summed E-state index contributed by atoms with van der Waals surface area (Å²) in [7, 11) is 1.36. The summed E-state index contributed by atoms with van der Waals surface area (Å²) in [6, 6.07) is 5.36. The molecule has 0 N–H and O–H groups in total. The van der Waals surface area contributed by atoms with Crippen LogP contribution in [0, 0.1) is 11.8 Å². The third-order valence-corrected chi connectivity index (χ3v) is 6.37. The van der Waals surface area contributed by atoms with E-state index in [9.17, 15) is 9.59 Å². The number of furan rings is 1. The highest BCUT2D eigenvalue weighted by Crippen LogP contribution is 2.41. The van der Waals surface area contributed by atoms with Crippen LogP contribution in [0.3, 0.4) is 0 Å². The fourth-order valence-electron chi connectivity index (χ4n) is 3.65. The lowest BCUT2D eigenvalue weighted by atomic mass is 9.82. The first-order valence-corrected chi connectivity index (χ1v) is 10.3. The van der Waals surface area contributed by atoms with Gasteiger partial charge in [0.2, 0.25) is 5.91 Å². The van der Waals surface area contributed by atoms with Gasteiger partial charge < -0.3 is 14.1 Å². The number of thiophene rings is 1. The number of ether oxygens (including phenoxy) is 1. The third-order valence-electron chi connectivity index (χ3n) is 5.22. The van der Waals surface area contributed by atoms with Crippen LogP contribution in [0.5, 0.6) is 0 Å². The Balaban J connectivity index is 1.99. The van der Waals surface area contributed by atoms with Gasteiger partial charge in [-0.1, -0.05) is 6.92 Å². The highest BCUT2D eigenvalue weighted by atomic mass is 32.1. The smallest absolute Gasteiger partial charge is 0.340 e. The van der Waals surface area contributed by atoms with Crippen molar-refractivity contribution in [3.8, 4) is 10.6 Å². The van der Waals surface area contributed by atoms with E-state index in [2.05, 4.69) is 6.92 Å². The maximum Gasteiger partial charge on any atom is 0.340 e. The van der Waals surface area contributed by atoms with Crippen molar-refractivity contribution in [1.29, 1.82) is 0 Å². The van der Waals surface area contributed by atoms with Gasteiger partial charge >= 0.3 is 5.97 Å². The monoisotopic (exact) mass is 389 g/mol. The van der Waals surface area contributed by atoms with Crippen LogP contribution in [0.1, 0.15) is 56.8 Å². The first kappa shape index (κ1) is 19.7. The standard InChI is InChI=1S/C21H27NO4S/c1-13(2)22(19(23)15-9-7-14(3)8-10-15)20-16(21(24)25-4)12-18(27-20)17-6-5-11-26-17/h5-6,11-15H,7-10H2,1-4H3. The van der Waals surface area contributed by atoms with Crippen LogP contribution in [-0.2, 0) is 9.53 Å². The molecular weight excluding hydrogens is 362 g/mol. The molecule has 0 aliphatic heterocycles. The fourth-order valence-corrected chi connectivity index (χ4v) is 4.90. The van der Waals surface area contributed by atoms with E-state index in [1.54, 1.807) is 23.3 Å². The van der Waals surface area contributed by atoms with Gasteiger partial charge in [0.05, 0.1) is 23.8 Å². The highest BCUT2D eigenvalue weighted by molar-refractivity contribution is 7.20. The zero-order chi connectivity index (χ0) is 19.6. The molecule has 27 heavy (non-hydrogen) atoms. The normalized spacial score (nSPS) is 19.9. The van der Waals surface area contributed by atoms with Crippen LogP contribution in [-0.4, -0.2) is 25.0 Å². The predicted molar refractivity (Wildman–Crippen MR) is 107 cm³/mol. The number of nitrogens with zero attached hydrogens (tertiary/aromatic N) is 1. The van der Waals surface area contributed by atoms with Gasteiger partial charge in [-0.25, -0.2) is 4.79 Å². The topological polar surface area (TPSA) is 59.8 Å². The van der Waals surface area contributed by atoms with Crippen molar-refractivity contribution in [2.24, 2.45) is 11.8 Å². The first-order valence-electron chi connectivity index (χ1n) is 9.51. The summed E-state index contributed by atoms with van der Waals surface area (Å²) in [4.78, 5) is 28.4. The average molecular weight is 390 g/mol. The molecule has 6 heteroatoms. The summed E-state index contributed by atoms with van der Waals surface area (Å²) in [6.07, 6.45) is 5.57. The van der Waals surface area contributed by atoms with Gasteiger partial charge in [-0.05, 0) is 63.6 Å². The van der Waals surface area contributed by atoms with Crippen molar-refractivity contribution in [3.05, 3.63) is 30.0 Å². The molecular formula is C21H27NO4S. The number of esters is 1. The quantitative estimate of drug-likeness (QED) is 0.646. The summed E-state index contributed by atoms with van der Waals surface area (Å²) in [6.45, 7) is 6.21. The Morgan fingerprint density at radius 3 is 2.52 bits per heavy atom. The van der Waals surface area contributed by atoms with E-state index >= 15 is 0 Å². The SMILES string of the molecule is COC(=O)c1cc(-c2ccco2)sc1N(C(=O)C1CCC(C)CC1)C(C)C. The van der Waals surface area contributed by atoms with E-state index in [-0.39, 0.29) is 17.9 Å². The third kappa shape index (κ3) is 4.10. The predicted octanol–water partition coefficient (Wildman–Crippen LogP) is 5.36. The molecule has 1 fully saturated rings. The van der Waals surface area contributed by atoms with Gasteiger partial charge in [-0.15, -0.1) is 11.3 Å².